The van der Waals surface area contributed by atoms with E-state index in [0.717, 1.165) is 21.5 Å². The number of rotatable bonds is 1. The highest BCUT2D eigenvalue weighted by Crippen LogP contribution is 2.21. The van der Waals surface area contributed by atoms with Gasteiger partial charge in [-0.2, -0.15) is 0 Å². The summed E-state index contributed by atoms with van der Waals surface area (Å²) in [4.78, 5) is 0. The number of halogens is 1. The molecule has 0 saturated carbocycles. The SMILES string of the molecule is Cc1cccc(-c2nnc3cc(Br)ccn23)c1. The van der Waals surface area contributed by atoms with Gasteiger partial charge in [0.05, 0.1) is 0 Å². The zero-order valence-corrected chi connectivity index (χ0v) is 10.8. The van der Waals surface area contributed by atoms with Crippen molar-refractivity contribution in [2.45, 2.75) is 6.92 Å². The Balaban J connectivity index is 2.24. The molecule has 0 unspecified atom stereocenters. The maximum atomic E-state index is 4.24. The van der Waals surface area contributed by atoms with E-state index < -0.39 is 0 Å². The van der Waals surface area contributed by atoms with Gasteiger partial charge in [0.2, 0.25) is 0 Å². The van der Waals surface area contributed by atoms with Gasteiger partial charge in [-0.15, -0.1) is 10.2 Å². The molecular weight excluding hydrogens is 278 g/mol. The van der Waals surface area contributed by atoms with E-state index >= 15 is 0 Å². The van der Waals surface area contributed by atoms with Gasteiger partial charge < -0.3 is 0 Å². The second kappa shape index (κ2) is 3.96. The number of aromatic nitrogens is 3. The molecule has 0 aliphatic rings. The number of hydrogen-bond donors (Lipinski definition) is 0. The minimum atomic E-state index is 0.843. The maximum absolute atomic E-state index is 4.24. The average Bonchev–Trinajstić information content (AvgIpc) is 2.71. The number of hydrogen-bond acceptors (Lipinski definition) is 2. The second-order valence-electron chi connectivity index (χ2n) is 3.97. The van der Waals surface area contributed by atoms with Gasteiger partial charge in [0.15, 0.2) is 11.5 Å². The van der Waals surface area contributed by atoms with E-state index in [1.165, 1.54) is 5.56 Å². The fourth-order valence-corrected chi connectivity index (χ4v) is 2.17. The topological polar surface area (TPSA) is 30.2 Å². The van der Waals surface area contributed by atoms with Crippen LogP contribution in [-0.4, -0.2) is 14.6 Å². The largest absolute Gasteiger partial charge is 0.282 e. The molecule has 84 valence electrons. The predicted octanol–water partition coefficient (Wildman–Crippen LogP) is 3.47. The van der Waals surface area contributed by atoms with Crippen LogP contribution < -0.4 is 0 Å². The zero-order chi connectivity index (χ0) is 11.8. The van der Waals surface area contributed by atoms with Crippen LogP contribution in [0.15, 0.2) is 47.1 Å². The molecule has 1 aromatic carbocycles. The van der Waals surface area contributed by atoms with Crippen LogP contribution >= 0.6 is 15.9 Å². The molecule has 0 atom stereocenters. The Morgan fingerprint density at radius 2 is 2.00 bits per heavy atom. The van der Waals surface area contributed by atoms with Crippen molar-refractivity contribution in [1.29, 1.82) is 0 Å². The number of nitrogens with zero attached hydrogens (tertiary/aromatic N) is 3. The minimum Gasteiger partial charge on any atom is -0.282 e. The molecule has 0 fully saturated rings. The summed E-state index contributed by atoms with van der Waals surface area (Å²) in [6.45, 7) is 2.07. The van der Waals surface area contributed by atoms with Gasteiger partial charge in [0.1, 0.15) is 0 Å². The van der Waals surface area contributed by atoms with Crippen molar-refractivity contribution in [3.05, 3.63) is 52.6 Å². The third-order valence-electron chi connectivity index (χ3n) is 2.65. The summed E-state index contributed by atoms with van der Waals surface area (Å²) in [6, 6.07) is 12.2. The van der Waals surface area contributed by atoms with Crippen LogP contribution in [-0.2, 0) is 0 Å². The normalized spacial score (nSPS) is 10.9. The fraction of sp³-hybridized carbons (Fsp3) is 0.0769. The standard InChI is InChI=1S/C13H10BrN3/c1-9-3-2-4-10(7-9)13-16-15-12-8-11(14)5-6-17(12)13/h2-8H,1H3. The first-order valence-corrected chi connectivity index (χ1v) is 6.11. The monoisotopic (exact) mass is 287 g/mol. The highest BCUT2D eigenvalue weighted by atomic mass is 79.9. The summed E-state index contributed by atoms with van der Waals surface area (Å²) in [5, 5.41) is 8.41. The maximum Gasteiger partial charge on any atom is 0.168 e. The average molecular weight is 288 g/mol. The molecule has 0 spiro atoms. The molecule has 17 heavy (non-hydrogen) atoms. The first kappa shape index (κ1) is 10.5. The van der Waals surface area contributed by atoms with E-state index in [0.29, 0.717) is 0 Å². The van der Waals surface area contributed by atoms with Crippen LogP contribution in [0.2, 0.25) is 0 Å². The molecule has 0 saturated heterocycles. The predicted molar refractivity (Wildman–Crippen MR) is 70.9 cm³/mol. The van der Waals surface area contributed by atoms with Crippen LogP contribution in [0.3, 0.4) is 0 Å². The Kier molecular flexibility index (Phi) is 2.44. The van der Waals surface area contributed by atoms with Crippen molar-refractivity contribution in [3.8, 4) is 11.4 Å². The van der Waals surface area contributed by atoms with Gasteiger partial charge >= 0.3 is 0 Å². The zero-order valence-electron chi connectivity index (χ0n) is 9.26. The molecule has 3 aromatic rings. The first-order chi connectivity index (χ1) is 8.24. The third-order valence-corrected chi connectivity index (χ3v) is 3.14. The van der Waals surface area contributed by atoms with E-state index in [2.05, 4.69) is 45.2 Å². The van der Waals surface area contributed by atoms with Crippen molar-refractivity contribution in [2.24, 2.45) is 0 Å². The Morgan fingerprint density at radius 3 is 2.82 bits per heavy atom. The number of benzene rings is 1. The summed E-state index contributed by atoms with van der Waals surface area (Å²) in [5.41, 5.74) is 3.15. The van der Waals surface area contributed by atoms with Crippen LogP contribution in [0.1, 0.15) is 5.56 Å². The lowest BCUT2D eigenvalue weighted by molar-refractivity contribution is 1.11. The molecule has 0 radical (unpaired) electrons. The molecule has 0 bridgehead atoms. The number of aryl methyl sites for hydroxylation is 1. The Labute approximate surface area is 107 Å². The lowest BCUT2D eigenvalue weighted by atomic mass is 10.1. The van der Waals surface area contributed by atoms with Gasteiger partial charge in [0, 0.05) is 16.2 Å². The highest BCUT2D eigenvalue weighted by Gasteiger charge is 2.07. The lowest BCUT2D eigenvalue weighted by Crippen LogP contribution is -1.89. The summed E-state index contributed by atoms with van der Waals surface area (Å²) in [7, 11) is 0. The molecule has 3 nitrogen and oxygen atoms in total. The first-order valence-electron chi connectivity index (χ1n) is 5.31. The van der Waals surface area contributed by atoms with Crippen LogP contribution in [0.4, 0.5) is 0 Å². The Bertz CT molecular complexity index is 688. The molecule has 2 heterocycles. The van der Waals surface area contributed by atoms with E-state index in [9.17, 15) is 0 Å². The molecule has 3 rings (SSSR count). The van der Waals surface area contributed by atoms with E-state index in [4.69, 9.17) is 0 Å². The number of pyridine rings is 1. The summed E-state index contributed by atoms with van der Waals surface area (Å²) >= 11 is 3.43. The smallest absolute Gasteiger partial charge is 0.168 e. The van der Waals surface area contributed by atoms with Gasteiger partial charge in [-0.3, -0.25) is 4.40 Å². The number of fused-ring (bicyclic) bond motifs is 1. The minimum absolute atomic E-state index is 0.843. The molecular formula is C13H10BrN3. The van der Waals surface area contributed by atoms with E-state index in [1.54, 1.807) is 0 Å². The van der Waals surface area contributed by atoms with Crippen molar-refractivity contribution in [2.75, 3.05) is 0 Å². The highest BCUT2D eigenvalue weighted by molar-refractivity contribution is 9.10. The molecule has 0 amide bonds. The summed E-state index contributed by atoms with van der Waals surface area (Å²) in [6.07, 6.45) is 1.97. The van der Waals surface area contributed by atoms with Crippen LogP contribution in [0, 0.1) is 6.92 Å². The van der Waals surface area contributed by atoms with Gasteiger partial charge in [-0.05, 0) is 25.1 Å². The van der Waals surface area contributed by atoms with Crippen LogP contribution in [0.5, 0.6) is 0 Å². The van der Waals surface area contributed by atoms with Crippen molar-refractivity contribution >= 4 is 21.6 Å². The molecule has 0 aliphatic carbocycles. The molecule has 2 aromatic heterocycles. The van der Waals surface area contributed by atoms with Crippen molar-refractivity contribution in [1.82, 2.24) is 14.6 Å². The quantitative estimate of drug-likeness (QED) is 0.686. The Hall–Kier alpha value is -1.68. The Morgan fingerprint density at radius 1 is 1.12 bits per heavy atom. The van der Waals surface area contributed by atoms with Crippen molar-refractivity contribution < 1.29 is 0 Å². The summed E-state index contributed by atoms with van der Waals surface area (Å²) < 4.78 is 2.99. The van der Waals surface area contributed by atoms with E-state index in [-0.39, 0.29) is 0 Å². The van der Waals surface area contributed by atoms with Gasteiger partial charge in [-0.1, -0.05) is 39.7 Å². The van der Waals surface area contributed by atoms with Crippen molar-refractivity contribution in [3.63, 3.8) is 0 Å². The summed E-state index contributed by atoms with van der Waals surface area (Å²) in [5.74, 6) is 0.871. The molecule has 4 heteroatoms. The molecule has 0 N–H and O–H groups in total. The van der Waals surface area contributed by atoms with Gasteiger partial charge in [0.25, 0.3) is 0 Å². The van der Waals surface area contributed by atoms with Gasteiger partial charge in [-0.25, -0.2) is 0 Å². The van der Waals surface area contributed by atoms with Crippen LogP contribution in [0.25, 0.3) is 17.0 Å². The van der Waals surface area contributed by atoms with E-state index in [1.807, 2.05) is 34.9 Å². The second-order valence-corrected chi connectivity index (χ2v) is 4.88. The lowest BCUT2D eigenvalue weighted by Gasteiger charge is -2.01. The third kappa shape index (κ3) is 1.85. The molecule has 0 aliphatic heterocycles. The fourth-order valence-electron chi connectivity index (χ4n) is 1.85.